The van der Waals surface area contributed by atoms with E-state index in [2.05, 4.69) is 4.98 Å². The predicted molar refractivity (Wildman–Crippen MR) is 101 cm³/mol. The summed E-state index contributed by atoms with van der Waals surface area (Å²) in [4.78, 5) is 4.44. The summed E-state index contributed by atoms with van der Waals surface area (Å²) in [6.07, 6.45) is -1.12. The van der Waals surface area contributed by atoms with E-state index in [4.69, 9.17) is 22.3 Å². The number of allylic oxidation sites excluding steroid dienone is 1. The Bertz CT molecular complexity index is 989. The predicted octanol–water partition coefficient (Wildman–Crippen LogP) is 3.97. The maximum atomic E-state index is 13.1. The van der Waals surface area contributed by atoms with E-state index >= 15 is 0 Å². The van der Waals surface area contributed by atoms with Gasteiger partial charge in [-0.05, 0) is 55.9 Å². The number of nitrogens with zero attached hydrogens (tertiary/aromatic N) is 1. The number of hydrogen-bond acceptors (Lipinski definition) is 5. The number of aryl methyl sites for hydroxylation is 1. The Balaban J connectivity index is 2.39. The highest BCUT2D eigenvalue weighted by molar-refractivity contribution is 6.25. The van der Waals surface area contributed by atoms with Gasteiger partial charge < -0.3 is 16.9 Å². The van der Waals surface area contributed by atoms with E-state index in [1.165, 1.54) is 0 Å². The van der Waals surface area contributed by atoms with Gasteiger partial charge in [-0.15, -0.1) is 0 Å². The molecule has 142 valence electrons. The lowest BCUT2D eigenvalue weighted by Crippen LogP contribution is -2.25. The molecule has 1 aliphatic carbocycles. The molecular weight excluding hydrogens is 355 g/mol. The van der Waals surface area contributed by atoms with Crippen molar-refractivity contribution in [1.82, 2.24) is 4.98 Å². The van der Waals surface area contributed by atoms with Gasteiger partial charge in [0.05, 0.1) is 11.2 Å². The van der Waals surface area contributed by atoms with Crippen LogP contribution in [0.5, 0.6) is 0 Å². The molecule has 27 heavy (non-hydrogen) atoms. The number of halogens is 3. The Labute approximate surface area is 154 Å². The number of nitrogens with one attached hydrogen (secondary N) is 2. The van der Waals surface area contributed by atoms with Crippen molar-refractivity contribution in [3.8, 4) is 0 Å². The van der Waals surface area contributed by atoms with Gasteiger partial charge in [0, 0.05) is 34.1 Å². The minimum Gasteiger partial charge on any atom is -0.404 e. The first kappa shape index (κ1) is 18.9. The SMILES string of the molecule is CC(=N)c1c(N)ccc2nc(/C(=C/N)C(=N)C(F)(F)F)c3c(c12)CCCC3. The van der Waals surface area contributed by atoms with Gasteiger partial charge in [-0.25, -0.2) is 4.98 Å². The molecule has 3 rings (SSSR count). The molecule has 0 radical (unpaired) electrons. The van der Waals surface area contributed by atoms with Crippen molar-refractivity contribution in [2.45, 2.75) is 38.8 Å². The summed E-state index contributed by atoms with van der Waals surface area (Å²) in [7, 11) is 0. The van der Waals surface area contributed by atoms with Crippen molar-refractivity contribution in [3.05, 3.63) is 40.7 Å². The summed E-state index contributed by atoms with van der Waals surface area (Å²) >= 11 is 0. The number of pyridine rings is 1. The van der Waals surface area contributed by atoms with Crippen molar-refractivity contribution in [3.63, 3.8) is 0 Å². The van der Waals surface area contributed by atoms with Gasteiger partial charge in [0.15, 0.2) is 0 Å². The van der Waals surface area contributed by atoms with E-state index < -0.39 is 17.5 Å². The molecule has 5 nitrogen and oxygen atoms in total. The van der Waals surface area contributed by atoms with E-state index in [0.717, 1.165) is 30.0 Å². The third-order valence-electron chi connectivity index (χ3n) is 4.85. The van der Waals surface area contributed by atoms with Gasteiger partial charge >= 0.3 is 6.18 Å². The van der Waals surface area contributed by atoms with Crippen LogP contribution < -0.4 is 11.5 Å². The minimum atomic E-state index is -4.82. The smallest absolute Gasteiger partial charge is 0.404 e. The van der Waals surface area contributed by atoms with Crippen LogP contribution in [0.2, 0.25) is 0 Å². The second-order valence-corrected chi connectivity index (χ2v) is 6.63. The van der Waals surface area contributed by atoms with E-state index in [-0.39, 0.29) is 11.4 Å². The first-order valence-corrected chi connectivity index (χ1v) is 8.54. The molecular formula is C19H20F3N5. The summed E-state index contributed by atoms with van der Waals surface area (Å²) in [5, 5.41) is 16.3. The molecule has 1 aliphatic rings. The Morgan fingerprint density at radius 1 is 1.15 bits per heavy atom. The van der Waals surface area contributed by atoms with Gasteiger partial charge in [-0.3, -0.25) is 5.41 Å². The van der Waals surface area contributed by atoms with Gasteiger partial charge in [0.2, 0.25) is 0 Å². The Morgan fingerprint density at radius 2 is 1.78 bits per heavy atom. The zero-order chi connectivity index (χ0) is 19.9. The first-order valence-electron chi connectivity index (χ1n) is 8.54. The number of benzene rings is 1. The molecule has 0 atom stereocenters. The van der Waals surface area contributed by atoms with Crippen molar-refractivity contribution in [2.24, 2.45) is 5.73 Å². The number of anilines is 1. The molecule has 0 spiro atoms. The molecule has 0 amide bonds. The van der Waals surface area contributed by atoms with Crippen LogP contribution in [0.15, 0.2) is 18.3 Å². The largest absolute Gasteiger partial charge is 0.433 e. The number of rotatable bonds is 3. The molecule has 0 aliphatic heterocycles. The summed E-state index contributed by atoms with van der Waals surface area (Å²) in [6.45, 7) is 1.62. The van der Waals surface area contributed by atoms with E-state index in [1.54, 1.807) is 19.1 Å². The fraction of sp³-hybridized carbons (Fsp3) is 0.316. The topological polar surface area (TPSA) is 113 Å². The Hall–Kier alpha value is -2.90. The summed E-state index contributed by atoms with van der Waals surface area (Å²) in [5.74, 6) is 0. The van der Waals surface area contributed by atoms with Gasteiger partial charge in [-0.1, -0.05) is 0 Å². The van der Waals surface area contributed by atoms with Crippen molar-refractivity contribution >= 4 is 33.6 Å². The number of hydrogen-bond donors (Lipinski definition) is 4. The number of nitrogens with two attached hydrogens (primary N) is 2. The highest BCUT2D eigenvalue weighted by atomic mass is 19.4. The van der Waals surface area contributed by atoms with Crippen LogP contribution in [-0.4, -0.2) is 22.6 Å². The van der Waals surface area contributed by atoms with E-state index in [1.807, 2.05) is 0 Å². The van der Waals surface area contributed by atoms with Crippen LogP contribution in [0.1, 0.15) is 42.1 Å². The number of aromatic nitrogens is 1. The third kappa shape index (κ3) is 3.15. The lowest BCUT2D eigenvalue weighted by molar-refractivity contribution is -0.0578. The zero-order valence-electron chi connectivity index (χ0n) is 14.8. The zero-order valence-corrected chi connectivity index (χ0v) is 14.8. The number of nitrogen functional groups attached to an aromatic ring is 1. The van der Waals surface area contributed by atoms with Crippen LogP contribution in [0.25, 0.3) is 16.5 Å². The quantitative estimate of drug-likeness (QED) is 0.481. The molecule has 0 bridgehead atoms. The fourth-order valence-electron chi connectivity index (χ4n) is 3.70. The van der Waals surface area contributed by atoms with Crippen LogP contribution in [0.3, 0.4) is 0 Å². The Morgan fingerprint density at radius 3 is 2.33 bits per heavy atom. The highest BCUT2D eigenvalue weighted by Gasteiger charge is 2.38. The minimum absolute atomic E-state index is 0.0976. The number of alkyl halides is 3. The van der Waals surface area contributed by atoms with E-state index in [0.29, 0.717) is 35.2 Å². The molecule has 6 N–H and O–H groups in total. The van der Waals surface area contributed by atoms with Gasteiger partial charge in [0.25, 0.3) is 0 Å². The second-order valence-electron chi connectivity index (χ2n) is 6.63. The molecule has 8 heteroatoms. The monoisotopic (exact) mass is 375 g/mol. The average molecular weight is 375 g/mol. The van der Waals surface area contributed by atoms with E-state index in [9.17, 15) is 13.2 Å². The van der Waals surface area contributed by atoms with Crippen LogP contribution in [0, 0.1) is 10.8 Å². The molecule has 0 unspecified atom stereocenters. The first-order chi connectivity index (χ1) is 12.7. The van der Waals surface area contributed by atoms with Crippen molar-refractivity contribution < 1.29 is 13.2 Å². The lowest BCUT2D eigenvalue weighted by Gasteiger charge is -2.24. The maximum Gasteiger partial charge on any atom is 0.433 e. The molecule has 1 aromatic heterocycles. The molecule has 0 saturated heterocycles. The lowest BCUT2D eigenvalue weighted by atomic mass is 9.83. The molecule has 2 aromatic rings. The third-order valence-corrected chi connectivity index (χ3v) is 4.85. The fourth-order valence-corrected chi connectivity index (χ4v) is 3.70. The summed E-state index contributed by atoms with van der Waals surface area (Å²) in [6, 6.07) is 3.24. The van der Waals surface area contributed by atoms with Gasteiger partial charge in [-0.2, -0.15) is 13.2 Å². The van der Waals surface area contributed by atoms with Crippen LogP contribution in [-0.2, 0) is 12.8 Å². The van der Waals surface area contributed by atoms with Crippen molar-refractivity contribution in [2.75, 3.05) is 5.73 Å². The highest BCUT2D eigenvalue weighted by Crippen LogP contribution is 2.38. The number of fused-ring (bicyclic) bond motifs is 3. The summed E-state index contributed by atoms with van der Waals surface area (Å²) in [5.41, 5.74) is 13.0. The Kier molecular flexibility index (Phi) is 4.67. The normalized spacial score (nSPS) is 14.9. The molecule has 0 fully saturated rings. The average Bonchev–Trinajstić information content (AvgIpc) is 2.61. The second kappa shape index (κ2) is 6.68. The molecule has 1 aromatic carbocycles. The maximum absolute atomic E-state index is 13.1. The van der Waals surface area contributed by atoms with Crippen LogP contribution in [0.4, 0.5) is 18.9 Å². The molecule has 1 heterocycles. The standard InChI is InChI=1S/C19H20F3N5/c1-9(24)15-13(25)6-7-14-16(15)10-4-2-3-5-11(10)17(27-14)12(8-23)18(26)19(20,21)22/h6-8,24,26H,2-5,23,25H2,1H3/b12-8-,24-9?,26-18?. The van der Waals surface area contributed by atoms with Gasteiger partial charge in [0.1, 0.15) is 5.71 Å². The molecule has 0 saturated carbocycles. The van der Waals surface area contributed by atoms with Crippen molar-refractivity contribution in [1.29, 1.82) is 10.8 Å². The summed E-state index contributed by atoms with van der Waals surface area (Å²) < 4.78 is 39.4. The van der Waals surface area contributed by atoms with Crippen LogP contribution >= 0.6 is 0 Å².